The molecule has 136 valence electrons. The Bertz CT molecular complexity index is 595. The maximum Gasteiger partial charge on any atom is 0.317 e. The van der Waals surface area contributed by atoms with Crippen LogP contribution in [0.4, 0.5) is 4.79 Å². The van der Waals surface area contributed by atoms with Gasteiger partial charge in [0.05, 0.1) is 18.8 Å². The third kappa shape index (κ3) is 3.90. The fourth-order valence-corrected chi connectivity index (χ4v) is 3.94. The van der Waals surface area contributed by atoms with E-state index in [1.54, 1.807) is 0 Å². The highest BCUT2D eigenvalue weighted by atomic mass is 16.5. The molecular formula is C19H27N3O3. The minimum Gasteiger partial charge on any atom is -0.493 e. The fourth-order valence-electron chi connectivity index (χ4n) is 3.94. The normalized spacial score (nSPS) is 26.8. The first-order chi connectivity index (χ1) is 12.3. The number of para-hydroxylation sites is 1. The molecule has 2 atom stereocenters. The van der Waals surface area contributed by atoms with Gasteiger partial charge in [-0.3, -0.25) is 4.90 Å². The zero-order valence-corrected chi connectivity index (χ0v) is 14.7. The molecule has 0 saturated carbocycles. The molecule has 6 nitrogen and oxygen atoms in total. The number of piperazine rings is 1. The van der Waals surface area contributed by atoms with E-state index < -0.39 is 0 Å². The van der Waals surface area contributed by atoms with E-state index in [2.05, 4.69) is 10.2 Å². The van der Waals surface area contributed by atoms with Crippen LogP contribution in [0.1, 0.15) is 30.9 Å². The quantitative estimate of drug-likeness (QED) is 0.911. The highest BCUT2D eigenvalue weighted by molar-refractivity contribution is 5.75. The molecule has 1 N–H and O–H groups in total. The van der Waals surface area contributed by atoms with Crippen LogP contribution >= 0.6 is 0 Å². The molecule has 3 heterocycles. The van der Waals surface area contributed by atoms with Gasteiger partial charge in [0.25, 0.3) is 0 Å². The standard InChI is InChI=1S/C19H27N3O3/c23-19(20-17-7-13-25-18-6-2-1-5-16(17)18)22-10-8-21(9-11-22)14-15-4-3-12-24-15/h1-2,5-6,15,17H,3-4,7-14H2,(H,20,23). The molecule has 1 aromatic carbocycles. The number of amides is 2. The average molecular weight is 345 g/mol. The summed E-state index contributed by atoms with van der Waals surface area (Å²) in [6.45, 7) is 5.97. The van der Waals surface area contributed by atoms with Crippen molar-refractivity contribution >= 4 is 6.03 Å². The van der Waals surface area contributed by atoms with Crippen LogP contribution in [0.25, 0.3) is 0 Å². The summed E-state index contributed by atoms with van der Waals surface area (Å²) >= 11 is 0. The van der Waals surface area contributed by atoms with Gasteiger partial charge in [0, 0.05) is 51.3 Å². The number of benzene rings is 1. The van der Waals surface area contributed by atoms with Crippen LogP contribution in [0, 0.1) is 0 Å². The summed E-state index contributed by atoms with van der Waals surface area (Å²) in [6, 6.07) is 8.06. The molecule has 4 rings (SSSR count). The first kappa shape index (κ1) is 16.7. The maximum atomic E-state index is 12.7. The number of fused-ring (bicyclic) bond motifs is 1. The minimum atomic E-state index is 0.0402. The van der Waals surface area contributed by atoms with Crippen LogP contribution in [-0.2, 0) is 4.74 Å². The second kappa shape index (κ2) is 7.62. The second-order valence-electron chi connectivity index (χ2n) is 7.10. The van der Waals surface area contributed by atoms with Crippen molar-refractivity contribution in [1.82, 2.24) is 15.1 Å². The molecule has 25 heavy (non-hydrogen) atoms. The van der Waals surface area contributed by atoms with Gasteiger partial charge in [-0.2, -0.15) is 0 Å². The molecular weight excluding hydrogens is 318 g/mol. The second-order valence-corrected chi connectivity index (χ2v) is 7.10. The topological polar surface area (TPSA) is 54.0 Å². The third-order valence-corrected chi connectivity index (χ3v) is 5.40. The predicted octanol–water partition coefficient (Wildman–Crippen LogP) is 2.02. The van der Waals surface area contributed by atoms with Crippen molar-refractivity contribution in [3.8, 4) is 5.75 Å². The molecule has 2 fully saturated rings. The largest absolute Gasteiger partial charge is 0.493 e. The lowest BCUT2D eigenvalue weighted by Crippen LogP contribution is -2.53. The van der Waals surface area contributed by atoms with E-state index in [0.717, 1.165) is 57.1 Å². The lowest BCUT2D eigenvalue weighted by Gasteiger charge is -2.37. The van der Waals surface area contributed by atoms with Crippen LogP contribution in [0.2, 0.25) is 0 Å². The van der Waals surface area contributed by atoms with Gasteiger partial charge in [-0.05, 0) is 18.9 Å². The smallest absolute Gasteiger partial charge is 0.317 e. The highest BCUT2D eigenvalue weighted by Gasteiger charge is 2.28. The number of nitrogens with zero attached hydrogens (tertiary/aromatic N) is 2. The Labute approximate surface area is 149 Å². The van der Waals surface area contributed by atoms with Crippen LogP contribution < -0.4 is 10.1 Å². The van der Waals surface area contributed by atoms with E-state index in [1.807, 2.05) is 29.2 Å². The van der Waals surface area contributed by atoms with E-state index in [-0.39, 0.29) is 12.1 Å². The summed E-state index contributed by atoms with van der Waals surface area (Å²) in [4.78, 5) is 17.0. The zero-order valence-electron chi connectivity index (χ0n) is 14.7. The first-order valence-corrected chi connectivity index (χ1v) is 9.41. The number of urea groups is 1. The van der Waals surface area contributed by atoms with Crippen LogP contribution in [0.5, 0.6) is 5.75 Å². The molecule has 6 heteroatoms. The fraction of sp³-hybridized carbons (Fsp3) is 0.632. The van der Waals surface area contributed by atoms with Crippen molar-refractivity contribution in [3.63, 3.8) is 0 Å². The van der Waals surface area contributed by atoms with Crippen molar-refractivity contribution in [3.05, 3.63) is 29.8 Å². The Hall–Kier alpha value is -1.79. The van der Waals surface area contributed by atoms with Crippen LogP contribution in [0.15, 0.2) is 24.3 Å². The number of rotatable bonds is 3. The Morgan fingerprint density at radius 2 is 1.96 bits per heavy atom. The SMILES string of the molecule is O=C(NC1CCOc2ccccc21)N1CCN(CC2CCCO2)CC1. The maximum absolute atomic E-state index is 12.7. The summed E-state index contributed by atoms with van der Waals surface area (Å²) in [5.41, 5.74) is 1.08. The zero-order chi connectivity index (χ0) is 17.1. The molecule has 0 spiro atoms. The summed E-state index contributed by atoms with van der Waals surface area (Å²) in [7, 11) is 0. The highest BCUT2D eigenvalue weighted by Crippen LogP contribution is 2.31. The van der Waals surface area contributed by atoms with Gasteiger partial charge in [-0.1, -0.05) is 18.2 Å². The summed E-state index contributed by atoms with van der Waals surface area (Å²) in [5, 5.41) is 3.20. The van der Waals surface area contributed by atoms with Crippen LogP contribution in [0.3, 0.4) is 0 Å². The van der Waals surface area contributed by atoms with Gasteiger partial charge in [0.2, 0.25) is 0 Å². The van der Waals surface area contributed by atoms with Crippen molar-refractivity contribution in [2.24, 2.45) is 0 Å². The summed E-state index contributed by atoms with van der Waals surface area (Å²) in [5.74, 6) is 0.889. The van der Waals surface area contributed by atoms with Crippen LogP contribution in [-0.4, -0.2) is 67.9 Å². The summed E-state index contributed by atoms with van der Waals surface area (Å²) in [6.07, 6.45) is 3.56. The molecule has 3 aliphatic heterocycles. The first-order valence-electron chi connectivity index (χ1n) is 9.41. The van der Waals surface area contributed by atoms with Gasteiger partial charge in [-0.25, -0.2) is 4.79 Å². The molecule has 0 aromatic heterocycles. The number of hydrogen-bond acceptors (Lipinski definition) is 4. The Morgan fingerprint density at radius 3 is 2.76 bits per heavy atom. The number of carbonyl (C=O) groups is 1. The predicted molar refractivity (Wildman–Crippen MR) is 94.8 cm³/mol. The minimum absolute atomic E-state index is 0.0402. The monoisotopic (exact) mass is 345 g/mol. The Balaban J connectivity index is 1.28. The van der Waals surface area contributed by atoms with Crippen molar-refractivity contribution in [1.29, 1.82) is 0 Å². The molecule has 1 aromatic rings. The lowest BCUT2D eigenvalue weighted by atomic mass is 10.0. The molecule has 2 unspecified atom stereocenters. The average Bonchev–Trinajstić information content (AvgIpc) is 3.16. The van der Waals surface area contributed by atoms with Crippen molar-refractivity contribution in [2.75, 3.05) is 45.9 Å². The third-order valence-electron chi connectivity index (χ3n) is 5.40. The van der Waals surface area contributed by atoms with E-state index in [9.17, 15) is 4.79 Å². The molecule has 3 aliphatic rings. The number of hydrogen-bond donors (Lipinski definition) is 1. The van der Waals surface area contributed by atoms with E-state index in [1.165, 1.54) is 12.8 Å². The Morgan fingerprint density at radius 1 is 1.12 bits per heavy atom. The molecule has 0 aliphatic carbocycles. The number of carbonyl (C=O) groups excluding carboxylic acids is 1. The molecule has 0 bridgehead atoms. The lowest BCUT2D eigenvalue weighted by molar-refractivity contribution is 0.0557. The number of nitrogens with one attached hydrogen (secondary N) is 1. The van der Waals surface area contributed by atoms with E-state index in [0.29, 0.717) is 12.7 Å². The Kier molecular flexibility index (Phi) is 5.08. The van der Waals surface area contributed by atoms with Gasteiger partial charge in [0.1, 0.15) is 5.75 Å². The van der Waals surface area contributed by atoms with E-state index >= 15 is 0 Å². The number of ether oxygens (including phenoxy) is 2. The van der Waals surface area contributed by atoms with Gasteiger partial charge >= 0.3 is 6.03 Å². The van der Waals surface area contributed by atoms with Gasteiger partial charge < -0.3 is 19.7 Å². The summed E-state index contributed by atoms with van der Waals surface area (Å²) < 4.78 is 11.4. The molecule has 2 saturated heterocycles. The molecule has 2 amide bonds. The van der Waals surface area contributed by atoms with E-state index in [4.69, 9.17) is 9.47 Å². The van der Waals surface area contributed by atoms with Gasteiger partial charge in [-0.15, -0.1) is 0 Å². The molecule has 0 radical (unpaired) electrons. The van der Waals surface area contributed by atoms with Gasteiger partial charge in [0.15, 0.2) is 0 Å². The van der Waals surface area contributed by atoms with Crippen molar-refractivity contribution in [2.45, 2.75) is 31.4 Å². The van der Waals surface area contributed by atoms with Crippen molar-refractivity contribution < 1.29 is 14.3 Å².